The van der Waals surface area contributed by atoms with Gasteiger partial charge in [-0.3, -0.25) is 9.69 Å². The van der Waals surface area contributed by atoms with Crippen LogP contribution >= 0.6 is 0 Å². The first kappa shape index (κ1) is 52.9. The number of esters is 1. The van der Waals surface area contributed by atoms with E-state index in [9.17, 15) is 4.79 Å². The van der Waals surface area contributed by atoms with Crippen LogP contribution in [0.25, 0.3) is 0 Å². The van der Waals surface area contributed by atoms with E-state index in [1.165, 1.54) is 128 Å². The van der Waals surface area contributed by atoms with Crippen molar-refractivity contribution in [2.24, 2.45) is 0 Å². The van der Waals surface area contributed by atoms with Crippen molar-refractivity contribution >= 4 is 5.97 Å². The zero-order valence-corrected chi connectivity index (χ0v) is 37.3. The number of carbonyl (C=O) groups is 1. The van der Waals surface area contributed by atoms with Crippen LogP contribution in [0.1, 0.15) is 208 Å². The maximum Gasteiger partial charge on any atom is 0.307 e. The predicted molar refractivity (Wildman–Crippen MR) is 232 cm³/mol. The van der Waals surface area contributed by atoms with Gasteiger partial charge >= 0.3 is 5.97 Å². The molecule has 0 amide bonds. The van der Waals surface area contributed by atoms with Crippen molar-refractivity contribution in [1.29, 1.82) is 0 Å². The van der Waals surface area contributed by atoms with Crippen LogP contribution in [-0.2, 0) is 23.7 Å². The first-order chi connectivity index (χ1) is 26.3. The van der Waals surface area contributed by atoms with Gasteiger partial charge in [0.2, 0.25) is 0 Å². The van der Waals surface area contributed by atoms with Gasteiger partial charge in [-0.25, -0.2) is 0 Å². The summed E-state index contributed by atoms with van der Waals surface area (Å²) in [5, 5.41) is 0. The van der Waals surface area contributed by atoms with Crippen molar-refractivity contribution in [2.45, 2.75) is 221 Å². The minimum atomic E-state index is -0.0807. The van der Waals surface area contributed by atoms with Crippen LogP contribution in [0.5, 0.6) is 0 Å². The fourth-order valence-corrected chi connectivity index (χ4v) is 6.98. The highest BCUT2D eigenvalue weighted by atomic mass is 16.5. The van der Waals surface area contributed by atoms with Gasteiger partial charge < -0.3 is 23.8 Å². The summed E-state index contributed by atoms with van der Waals surface area (Å²) in [7, 11) is 0. The third-order valence-electron chi connectivity index (χ3n) is 10.6. The first-order valence-corrected chi connectivity index (χ1v) is 23.4. The van der Waals surface area contributed by atoms with Gasteiger partial charge in [-0.2, -0.15) is 0 Å². The molecule has 0 aliphatic rings. The summed E-state index contributed by atoms with van der Waals surface area (Å²) in [5.41, 5.74) is 0. The van der Waals surface area contributed by atoms with E-state index in [2.05, 4.69) is 57.9 Å². The van der Waals surface area contributed by atoms with Gasteiger partial charge in [-0.15, -0.1) is 0 Å². The molecule has 0 atom stereocenters. The molecular formula is C47H94N2O5. The zero-order valence-electron chi connectivity index (χ0n) is 37.3. The molecule has 0 radical (unpaired) electrons. The molecule has 0 unspecified atom stereocenters. The third kappa shape index (κ3) is 37.8. The molecule has 0 rings (SSSR count). The van der Waals surface area contributed by atoms with Crippen LogP contribution < -0.4 is 0 Å². The molecule has 0 bridgehead atoms. The topological polar surface area (TPSA) is 60.5 Å². The molecule has 0 aliphatic heterocycles. The van der Waals surface area contributed by atoms with Gasteiger partial charge in [0.05, 0.1) is 25.4 Å². The highest BCUT2D eigenvalue weighted by Crippen LogP contribution is 2.12. The molecule has 0 fully saturated rings. The lowest BCUT2D eigenvalue weighted by molar-refractivity contribution is -0.144. The zero-order chi connectivity index (χ0) is 39.7. The number of unbranched alkanes of at least 4 members (excludes halogenated alkanes) is 20. The van der Waals surface area contributed by atoms with Gasteiger partial charge in [-0.05, 0) is 66.2 Å². The van der Waals surface area contributed by atoms with Gasteiger partial charge in [0.25, 0.3) is 0 Å². The van der Waals surface area contributed by atoms with Gasteiger partial charge in [0.1, 0.15) is 0 Å². The Labute approximate surface area is 337 Å². The van der Waals surface area contributed by atoms with Gasteiger partial charge in [0, 0.05) is 71.1 Å². The van der Waals surface area contributed by atoms with Crippen molar-refractivity contribution in [3.8, 4) is 0 Å². The quantitative estimate of drug-likeness (QED) is 0.0348. The molecule has 322 valence electrons. The third-order valence-corrected chi connectivity index (χ3v) is 10.6. The number of hydrogen-bond donors (Lipinski definition) is 0. The monoisotopic (exact) mass is 767 g/mol. The lowest BCUT2D eigenvalue weighted by Crippen LogP contribution is -2.43. The Bertz CT molecular complexity index is 732. The van der Waals surface area contributed by atoms with Crippen LogP contribution in [0, 0.1) is 0 Å². The Morgan fingerprint density at radius 1 is 0.444 bits per heavy atom. The number of hydrogen-bond acceptors (Lipinski definition) is 7. The van der Waals surface area contributed by atoms with Crippen molar-refractivity contribution in [3.05, 3.63) is 12.3 Å². The van der Waals surface area contributed by atoms with E-state index in [0.717, 1.165) is 90.5 Å². The molecule has 0 aliphatic carbocycles. The number of ether oxygens (including phenoxy) is 4. The lowest BCUT2D eigenvalue weighted by atomic mass is 10.1. The van der Waals surface area contributed by atoms with E-state index in [1.54, 1.807) is 0 Å². The largest absolute Gasteiger partial charge is 0.499 e. The molecule has 7 nitrogen and oxygen atoms in total. The van der Waals surface area contributed by atoms with Crippen LogP contribution in [0.2, 0.25) is 0 Å². The van der Waals surface area contributed by atoms with Crippen LogP contribution in [0.4, 0.5) is 0 Å². The Morgan fingerprint density at radius 3 is 1.20 bits per heavy atom. The van der Waals surface area contributed by atoms with Crippen LogP contribution in [0.15, 0.2) is 12.3 Å². The van der Waals surface area contributed by atoms with Gasteiger partial charge in [-0.1, -0.05) is 136 Å². The molecule has 0 saturated heterocycles. The van der Waals surface area contributed by atoms with E-state index in [4.69, 9.17) is 18.9 Å². The van der Waals surface area contributed by atoms with Gasteiger partial charge in [0.15, 0.2) is 0 Å². The first-order valence-electron chi connectivity index (χ1n) is 23.4. The number of nitrogens with zero attached hydrogens (tertiary/aromatic N) is 2. The summed E-state index contributed by atoms with van der Waals surface area (Å²) in [4.78, 5) is 17.6. The maximum absolute atomic E-state index is 12.6. The molecular weight excluding hydrogens is 673 g/mol. The maximum atomic E-state index is 12.6. The fourth-order valence-electron chi connectivity index (χ4n) is 6.98. The predicted octanol–water partition coefficient (Wildman–Crippen LogP) is 12.7. The molecule has 7 heteroatoms. The minimum absolute atomic E-state index is 0.0807. The second-order valence-electron chi connectivity index (χ2n) is 16.4. The second-order valence-corrected chi connectivity index (χ2v) is 16.4. The van der Waals surface area contributed by atoms with Crippen molar-refractivity contribution in [2.75, 3.05) is 65.8 Å². The van der Waals surface area contributed by atoms with E-state index in [1.807, 2.05) is 0 Å². The van der Waals surface area contributed by atoms with Crippen LogP contribution in [0.3, 0.4) is 0 Å². The summed E-state index contributed by atoms with van der Waals surface area (Å²) in [6.45, 7) is 26.2. The molecule has 0 aromatic heterocycles. The van der Waals surface area contributed by atoms with E-state index < -0.39 is 0 Å². The minimum Gasteiger partial charge on any atom is -0.499 e. The Hall–Kier alpha value is -1.15. The number of carbonyl (C=O) groups excluding carboxylic acids is 1. The second kappa shape index (κ2) is 41.5. The molecule has 0 N–H and O–H groups in total. The molecule has 0 aromatic carbocycles. The normalized spacial score (nSPS) is 11.8. The Kier molecular flexibility index (Phi) is 40.6. The highest BCUT2D eigenvalue weighted by Gasteiger charge is 2.16. The van der Waals surface area contributed by atoms with E-state index in [0.29, 0.717) is 31.7 Å². The molecule has 0 aromatic rings. The fraction of sp³-hybridized carbons (Fsp3) is 0.936. The standard InChI is InChI=1S/C47H94N2O5/c1-8-10-12-14-20-26-38-51-40-28-22-16-18-24-30-42-53-46(7)32-34-48(36-37-49(44(3)4)45(5)6)35-33-47(50)54-43-31-25-19-17-23-29-41-52-39-27-21-15-13-11-9-2/h44-45H,7-43H2,1-6H3. The summed E-state index contributed by atoms with van der Waals surface area (Å²) < 4.78 is 23.3. The van der Waals surface area contributed by atoms with Crippen LogP contribution in [-0.4, -0.2) is 93.7 Å². The molecule has 0 saturated carbocycles. The molecule has 0 heterocycles. The van der Waals surface area contributed by atoms with E-state index in [-0.39, 0.29) is 5.97 Å². The molecule has 54 heavy (non-hydrogen) atoms. The summed E-state index contributed by atoms with van der Waals surface area (Å²) in [6.07, 6.45) is 31.2. The molecule has 0 spiro atoms. The lowest BCUT2D eigenvalue weighted by Gasteiger charge is -2.33. The average Bonchev–Trinajstić information content (AvgIpc) is 3.15. The summed E-state index contributed by atoms with van der Waals surface area (Å²) in [5.74, 6) is 0.776. The summed E-state index contributed by atoms with van der Waals surface area (Å²) in [6, 6.07) is 0.975. The Balaban J connectivity index is 4.07. The number of rotatable bonds is 44. The van der Waals surface area contributed by atoms with E-state index >= 15 is 0 Å². The SMILES string of the molecule is C=C(CCN(CCC(=O)OCCCCCCCCOCCCCCCCC)CCN(C(C)C)C(C)C)OCCCCCCCCOCCCCCCCC. The summed E-state index contributed by atoms with van der Waals surface area (Å²) >= 11 is 0. The highest BCUT2D eigenvalue weighted by molar-refractivity contribution is 5.69. The van der Waals surface area contributed by atoms with Crippen molar-refractivity contribution in [3.63, 3.8) is 0 Å². The van der Waals surface area contributed by atoms with Crippen molar-refractivity contribution < 1.29 is 23.7 Å². The van der Waals surface area contributed by atoms with Crippen molar-refractivity contribution in [1.82, 2.24) is 9.80 Å². The smallest absolute Gasteiger partial charge is 0.307 e. The average molecular weight is 767 g/mol. The Morgan fingerprint density at radius 2 is 0.796 bits per heavy atom.